The molecule has 3 unspecified atom stereocenters. The average molecular weight is 574 g/mol. The Hall–Kier alpha value is -3.84. The van der Waals surface area contributed by atoms with Crippen LogP contribution >= 0.6 is 0 Å². The summed E-state index contributed by atoms with van der Waals surface area (Å²) in [5, 5.41) is 2.72. The zero-order chi connectivity index (χ0) is 28.6. The van der Waals surface area contributed by atoms with Crippen molar-refractivity contribution in [3.8, 4) is 0 Å². The van der Waals surface area contributed by atoms with Gasteiger partial charge in [0.1, 0.15) is 11.9 Å². The van der Waals surface area contributed by atoms with Gasteiger partial charge in [-0.1, -0.05) is 18.2 Å². The third-order valence-electron chi connectivity index (χ3n) is 6.98. The lowest BCUT2D eigenvalue weighted by atomic mass is 10.0. The first-order chi connectivity index (χ1) is 19.0. The van der Waals surface area contributed by atoms with Crippen molar-refractivity contribution in [2.24, 2.45) is 0 Å². The maximum atomic E-state index is 13.3. The first kappa shape index (κ1) is 27.7. The van der Waals surface area contributed by atoms with Crippen molar-refractivity contribution in [2.45, 2.75) is 36.6 Å². The lowest BCUT2D eigenvalue weighted by Gasteiger charge is -2.36. The largest absolute Gasteiger partial charge is 0.416 e. The zero-order valence-corrected chi connectivity index (χ0v) is 22.5. The van der Waals surface area contributed by atoms with Crippen LogP contribution in [-0.4, -0.2) is 56.9 Å². The van der Waals surface area contributed by atoms with Crippen LogP contribution in [0.25, 0.3) is 0 Å². The highest BCUT2D eigenvalue weighted by atomic mass is 32.2. The van der Waals surface area contributed by atoms with Gasteiger partial charge in [-0.15, -0.1) is 0 Å². The number of rotatable bonds is 5. The first-order valence-electron chi connectivity index (χ1n) is 12.4. The molecular formula is C27H26F3N5O4S. The molecule has 3 heterocycles. The van der Waals surface area contributed by atoms with E-state index in [1.807, 2.05) is 4.90 Å². The van der Waals surface area contributed by atoms with Crippen LogP contribution in [0.5, 0.6) is 0 Å². The fourth-order valence-corrected chi connectivity index (χ4v) is 5.53. The van der Waals surface area contributed by atoms with Crippen molar-refractivity contribution in [3.63, 3.8) is 0 Å². The maximum Gasteiger partial charge on any atom is 0.416 e. The minimum atomic E-state index is -4.42. The van der Waals surface area contributed by atoms with Crippen LogP contribution < -0.4 is 10.2 Å². The molecule has 13 heteroatoms. The van der Waals surface area contributed by atoms with E-state index in [0.717, 1.165) is 17.7 Å². The summed E-state index contributed by atoms with van der Waals surface area (Å²) in [6, 6.07) is 8.84. The number of halogens is 3. The molecule has 2 aliphatic rings. The Morgan fingerprint density at radius 1 is 1.10 bits per heavy atom. The number of morpholine rings is 1. The summed E-state index contributed by atoms with van der Waals surface area (Å²) in [4.78, 5) is 38.3. The number of carbonyl (C=O) groups excluding carboxylic acids is 2. The summed E-state index contributed by atoms with van der Waals surface area (Å²) in [5.41, 5.74) is 1.32. The molecule has 0 spiro atoms. The SMILES string of the molecule is CC(=O)N1Cc2cc(S(C)=O)ccc2C1C(=O)Nc1cnc(N2CCOCC2c2ccc(C(F)(F)F)cc2)cn1. The number of aromatic nitrogens is 2. The second kappa shape index (κ2) is 11.0. The van der Waals surface area contributed by atoms with E-state index < -0.39 is 34.5 Å². The summed E-state index contributed by atoms with van der Waals surface area (Å²) in [6.45, 7) is 2.73. The Bertz CT molecular complexity index is 1450. The lowest BCUT2D eigenvalue weighted by Crippen LogP contribution is -2.40. The molecule has 3 aromatic rings. The number of amides is 2. The van der Waals surface area contributed by atoms with Crippen LogP contribution in [0.2, 0.25) is 0 Å². The number of anilines is 2. The number of benzene rings is 2. The number of carbonyl (C=O) groups is 2. The molecule has 210 valence electrons. The monoisotopic (exact) mass is 573 g/mol. The summed E-state index contributed by atoms with van der Waals surface area (Å²) in [7, 11) is -1.20. The van der Waals surface area contributed by atoms with Gasteiger partial charge >= 0.3 is 6.18 Å². The third kappa shape index (κ3) is 5.56. The number of hydrogen-bond donors (Lipinski definition) is 1. The predicted octanol–water partition coefficient (Wildman–Crippen LogP) is 3.85. The van der Waals surface area contributed by atoms with E-state index in [1.54, 1.807) is 24.5 Å². The number of ether oxygens (including phenoxy) is 1. The van der Waals surface area contributed by atoms with Gasteiger partial charge in [0.2, 0.25) is 5.91 Å². The highest BCUT2D eigenvalue weighted by molar-refractivity contribution is 7.84. The van der Waals surface area contributed by atoms with E-state index in [9.17, 15) is 27.0 Å². The van der Waals surface area contributed by atoms with Crippen LogP contribution in [0.1, 0.15) is 41.3 Å². The number of nitrogens with zero attached hydrogens (tertiary/aromatic N) is 4. The van der Waals surface area contributed by atoms with Crippen molar-refractivity contribution in [1.82, 2.24) is 14.9 Å². The summed E-state index contributed by atoms with van der Waals surface area (Å²) < 4.78 is 56.5. The van der Waals surface area contributed by atoms with E-state index in [2.05, 4.69) is 15.3 Å². The molecule has 0 aliphatic carbocycles. The van der Waals surface area contributed by atoms with Gasteiger partial charge in [0.25, 0.3) is 5.91 Å². The number of fused-ring (bicyclic) bond motifs is 1. The topological polar surface area (TPSA) is 105 Å². The summed E-state index contributed by atoms with van der Waals surface area (Å²) >= 11 is 0. The minimum absolute atomic E-state index is 0.177. The molecule has 2 aliphatic heterocycles. The molecule has 0 radical (unpaired) electrons. The normalized spacial score (nSPS) is 19.7. The molecule has 1 saturated heterocycles. The van der Waals surface area contributed by atoms with Crippen LogP contribution in [0.15, 0.2) is 59.8 Å². The summed E-state index contributed by atoms with van der Waals surface area (Å²) in [5.74, 6) is -0.0897. The average Bonchev–Trinajstić information content (AvgIpc) is 3.33. The molecule has 9 nitrogen and oxygen atoms in total. The van der Waals surface area contributed by atoms with Gasteiger partial charge in [-0.3, -0.25) is 13.8 Å². The highest BCUT2D eigenvalue weighted by Gasteiger charge is 2.38. The molecule has 3 atom stereocenters. The Labute approximate surface area is 230 Å². The number of hydrogen-bond acceptors (Lipinski definition) is 7. The van der Waals surface area contributed by atoms with Crippen molar-refractivity contribution in [2.75, 3.05) is 36.2 Å². The van der Waals surface area contributed by atoms with E-state index in [1.165, 1.54) is 36.4 Å². The van der Waals surface area contributed by atoms with Gasteiger partial charge in [0.05, 0.1) is 37.2 Å². The van der Waals surface area contributed by atoms with Crippen LogP contribution in [0, 0.1) is 0 Å². The smallest absolute Gasteiger partial charge is 0.377 e. The molecule has 2 amide bonds. The first-order valence-corrected chi connectivity index (χ1v) is 14.0. The van der Waals surface area contributed by atoms with Crippen molar-refractivity contribution < 1.29 is 31.7 Å². The van der Waals surface area contributed by atoms with Gasteiger partial charge in [0.15, 0.2) is 5.82 Å². The number of nitrogens with one attached hydrogen (secondary N) is 1. The molecule has 1 fully saturated rings. The Balaban J connectivity index is 1.33. The molecule has 40 heavy (non-hydrogen) atoms. The fourth-order valence-electron chi connectivity index (χ4n) is 4.96. The predicted molar refractivity (Wildman–Crippen MR) is 141 cm³/mol. The maximum absolute atomic E-state index is 13.3. The second-order valence-corrected chi connectivity index (χ2v) is 10.9. The lowest BCUT2D eigenvalue weighted by molar-refractivity contribution is -0.137. The molecule has 0 bridgehead atoms. The third-order valence-corrected chi connectivity index (χ3v) is 7.90. The fraction of sp³-hybridized carbons (Fsp3) is 0.333. The standard InChI is InChI=1S/C27H26F3N5O4S/c1-16(36)35-14-18-11-20(40(2)38)7-8-21(18)25(35)26(37)33-23-12-32-24(13-31-23)34-9-10-39-15-22(34)17-3-5-19(6-4-17)27(28,29)30/h3-8,11-13,22,25H,9-10,14-15H2,1-2H3,(H,31,33,37). The molecular weight excluding hydrogens is 547 g/mol. The van der Waals surface area contributed by atoms with Crippen LogP contribution in [0.4, 0.5) is 24.8 Å². The molecule has 2 aromatic carbocycles. The van der Waals surface area contributed by atoms with Gasteiger partial charge in [0, 0.05) is 42.0 Å². The Morgan fingerprint density at radius 3 is 2.48 bits per heavy atom. The van der Waals surface area contributed by atoms with E-state index in [0.29, 0.717) is 35.0 Å². The van der Waals surface area contributed by atoms with Gasteiger partial charge in [-0.2, -0.15) is 13.2 Å². The van der Waals surface area contributed by atoms with Crippen molar-refractivity contribution >= 4 is 34.2 Å². The Morgan fingerprint density at radius 2 is 1.85 bits per heavy atom. The minimum Gasteiger partial charge on any atom is -0.377 e. The molecule has 1 aromatic heterocycles. The van der Waals surface area contributed by atoms with Gasteiger partial charge in [-0.25, -0.2) is 9.97 Å². The van der Waals surface area contributed by atoms with Gasteiger partial charge < -0.3 is 19.9 Å². The Kier molecular flexibility index (Phi) is 7.60. The molecule has 5 rings (SSSR count). The highest BCUT2D eigenvalue weighted by Crippen LogP contribution is 2.36. The molecule has 0 saturated carbocycles. The summed E-state index contributed by atoms with van der Waals surface area (Å²) in [6.07, 6.45) is 0.0123. The zero-order valence-electron chi connectivity index (χ0n) is 21.6. The second-order valence-electron chi connectivity index (χ2n) is 9.52. The number of alkyl halides is 3. The van der Waals surface area contributed by atoms with Crippen LogP contribution in [-0.2, 0) is 37.8 Å². The van der Waals surface area contributed by atoms with Gasteiger partial charge in [-0.05, 0) is 41.0 Å². The molecule has 1 N–H and O–H groups in total. The van der Waals surface area contributed by atoms with Crippen molar-refractivity contribution in [3.05, 3.63) is 77.1 Å². The quantitative estimate of drug-likeness (QED) is 0.495. The van der Waals surface area contributed by atoms with Crippen molar-refractivity contribution in [1.29, 1.82) is 0 Å². The van der Waals surface area contributed by atoms with E-state index >= 15 is 0 Å². The van der Waals surface area contributed by atoms with E-state index in [-0.39, 0.29) is 30.9 Å². The van der Waals surface area contributed by atoms with E-state index in [4.69, 9.17) is 4.74 Å². The van der Waals surface area contributed by atoms with Crippen LogP contribution in [0.3, 0.4) is 0 Å².